The lowest BCUT2D eigenvalue weighted by molar-refractivity contribution is -0.128. The summed E-state index contributed by atoms with van der Waals surface area (Å²) in [4.78, 5) is 18.1. The van der Waals surface area contributed by atoms with Crippen LogP contribution in [0.25, 0.3) is 6.08 Å². The summed E-state index contributed by atoms with van der Waals surface area (Å²) < 4.78 is 11.7. The van der Waals surface area contributed by atoms with Crippen molar-refractivity contribution in [3.63, 3.8) is 0 Å². The Balaban J connectivity index is 1.81. The zero-order valence-electron chi connectivity index (χ0n) is 19.5. The molecule has 33 heavy (non-hydrogen) atoms. The number of amides is 1. The Bertz CT molecular complexity index is 940. The van der Waals surface area contributed by atoms with Gasteiger partial charge in [-0.05, 0) is 43.2 Å². The molecule has 0 fully saturated rings. The van der Waals surface area contributed by atoms with Gasteiger partial charge in [0.25, 0.3) is 5.91 Å². The van der Waals surface area contributed by atoms with E-state index in [9.17, 15) is 4.79 Å². The molecule has 2 atom stereocenters. The van der Waals surface area contributed by atoms with E-state index >= 15 is 0 Å². The molecule has 0 saturated heterocycles. The molecule has 0 spiro atoms. The lowest BCUT2D eigenvalue weighted by Gasteiger charge is -2.27. The lowest BCUT2D eigenvalue weighted by atomic mass is 9.89. The van der Waals surface area contributed by atoms with E-state index in [0.717, 1.165) is 24.0 Å². The number of unbranched alkanes of at least 4 members (excludes halogenated alkanes) is 1. The first kappa shape index (κ1) is 24.5. The molecule has 176 valence electrons. The minimum absolute atomic E-state index is 0.0989. The maximum atomic E-state index is 13.3. The van der Waals surface area contributed by atoms with E-state index in [0.29, 0.717) is 37.6 Å². The van der Waals surface area contributed by atoms with Crippen molar-refractivity contribution < 1.29 is 19.4 Å². The van der Waals surface area contributed by atoms with Crippen LogP contribution in [0.5, 0.6) is 5.75 Å². The van der Waals surface area contributed by atoms with Crippen LogP contribution in [-0.4, -0.2) is 48.3 Å². The highest BCUT2D eigenvalue weighted by Gasteiger charge is 2.49. The summed E-state index contributed by atoms with van der Waals surface area (Å²) in [5.74, 6) is 1.07. The second-order valence-corrected chi connectivity index (χ2v) is 8.18. The quantitative estimate of drug-likeness (QED) is 0.471. The first-order chi connectivity index (χ1) is 16.1. The summed E-state index contributed by atoms with van der Waals surface area (Å²) in [6.45, 7) is 5.18. The molecule has 0 aromatic heterocycles. The number of rotatable bonds is 12. The van der Waals surface area contributed by atoms with Gasteiger partial charge in [0.2, 0.25) is 5.90 Å². The van der Waals surface area contributed by atoms with Gasteiger partial charge in [0.05, 0.1) is 6.61 Å². The molecule has 0 radical (unpaired) electrons. The average Bonchev–Trinajstić information content (AvgIpc) is 3.18. The van der Waals surface area contributed by atoms with E-state index in [4.69, 9.17) is 19.6 Å². The Morgan fingerprint density at radius 3 is 2.64 bits per heavy atom. The van der Waals surface area contributed by atoms with Crippen molar-refractivity contribution in [2.45, 2.75) is 51.2 Å². The number of hydrogen-bond donors (Lipinski definition) is 2. The molecular weight excluding hydrogens is 416 g/mol. The smallest absolute Gasteiger partial charge is 0.252 e. The summed E-state index contributed by atoms with van der Waals surface area (Å²) in [6, 6.07) is 17.5. The van der Waals surface area contributed by atoms with Crippen molar-refractivity contribution in [2.75, 3.05) is 19.8 Å². The minimum Gasteiger partial charge on any atom is -0.494 e. The van der Waals surface area contributed by atoms with Gasteiger partial charge in [0, 0.05) is 31.6 Å². The standard InChI is InChI=1S/C27H34N2O4/c1-3-4-18-28-26(31)27(17-8-12-22-10-6-5-7-11-22)21(2)33-25(29-27)23-13-15-24(16-14-23)32-20-9-19-30/h5-8,10-16,21,30H,3-4,9,17-20H2,1-2H3,(H,28,31)/b12-8+/t21-,27-/m1/s1. The summed E-state index contributed by atoms with van der Waals surface area (Å²) in [5, 5.41) is 12.0. The Kier molecular flexibility index (Phi) is 9.07. The summed E-state index contributed by atoms with van der Waals surface area (Å²) in [5.41, 5.74) is 0.850. The summed E-state index contributed by atoms with van der Waals surface area (Å²) >= 11 is 0. The Morgan fingerprint density at radius 1 is 1.18 bits per heavy atom. The van der Waals surface area contributed by atoms with Crippen LogP contribution >= 0.6 is 0 Å². The number of benzene rings is 2. The molecular formula is C27H34N2O4. The number of carbonyl (C=O) groups excluding carboxylic acids is 1. The third-order valence-electron chi connectivity index (χ3n) is 5.68. The van der Waals surface area contributed by atoms with Crippen LogP contribution in [0.1, 0.15) is 50.7 Å². The molecule has 2 aromatic carbocycles. The molecule has 6 nitrogen and oxygen atoms in total. The van der Waals surface area contributed by atoms with Crippen LogP contribution in [0.3, 0.4) is 0 Å². The predicted molar refractivity (Wildman–Crippen MR) is 131 cm³/mol. The van der Waals surface area contributed by atoms with Crippen molar-refractivity contribution in [2.24, 2.45) is 4.99 Å². The van der Waals surface area contributed by atoms with Gasteiger partial charge in [0.15, 0.2) is 5.54 Å². The van der Waals surface area contributed by atoms with Crippen molar-refractivity contribution in [1.29, 1.82) is 0 Å². The highest BCUT2D eigenvalue weighted by molar-refractivity contribution is 6.00. The van der Waals surface area contributed by atoms with Crippen molar-refractivity contribution in [3.05, 3.63) is 71.8 Å². The van der Waals surface area contributed by atoms with Crippen LogP contribution in [0.15, 0.2) is 65.7 Å². The minimum atomic E-state index is -1.02. The maximum absolute atomic E-state index is 13.3. The molecule has 2 aromatic rings. The second-order valence-electron chi connectivity index (χ2n) is 8.18. The third-order valence-corrected chi connectivity index (χ3v) is 5.68. The van der Waals surface area contributed by atoms with Gasteiger partial charge >= 0.3 is 0 Å². The third kappa shape index (κ3) is 6.45. The topological polar surface area (TPSA) is 80.2 Å². The predicted octanol–water partition coefficient (Wildman–Crippen LogP) is 4.37. The summed E-state index contributed by atoms with van der Waals surface area (Å²) in [7, 11) is 0. The Morgan fingerprint density at radius 2 is 1.94 bits per heavy atom. The first-order valence-corrected chi connectivity index (χ1v) is 11.7. The summed E-state index contributed by atoms with van der Waals surface area (Å²) in [6.07, 6.45) is 6.56. The fourth-order valence-electron chi connectivity index (χ4n) is 3.65. The molecule has 0 aliphatic carbocycles. The molecule has 2 N–H and O–H groups in total. The van der Waals surface area contributed by atoms with E-state index < -0.39 is 11.6 Å². The SMILES string of the molecule is CCCCNC(=O)[C@]1(C/C=C/c2ccccc2)N=C(c2ccc(OCCCO)cc2)O[C@@H]1C. The molecule has 1 amide bonds. The number of aliphatic hydroxyl groups is 1. The maximum Gasteiger partial charge on any atom is 0.252 e. The van der Waals surface area contributed by atoms with Gasteiger partial charge in [0.1, 0.15) is 11.9 Å². The van der Waals surface area contributed by atoms with Gasteiger partial charge in [-0.1, -0.05) is 55.8 Å². The average molecular weight is 451 g/mol. The highest BCUT2D eigenvalue weighted by atomic mass is 16.5. The lowest BCUT2D eigenvalue weighted by Crippen LogP contribution is -2.50. The van der Waals surface area contributed by atoms with Crippen molar-refractivity contribution >= 4 is 17.9 Å². The molecule has 0 bridgehead atoms. The molecule has 1 aliphatic heterocycles. The van der Waals surface area contributed by atoms with Gasteiger partial charge in [-0.15, -0.1) is 0 Å². The number of hydrogen-bond acceptors (Lipinski definition) is 5. The van der Waals surface area contributed by atoms with Crippen LogP contribution in [0, 0.1) is 0 Å². The van der Waals surface area contributed by atoms with E-state index in [1.165, 1.54) is 0 Å². The van der Waals surface area contributed by atoms with Crippen LogP contribution in [0.2, 0.25) is 0 Å². The molecule has 1 aliphatic rings. The van der Waals surface area contributed by atoms with Gasteiger partial charge in [-0.2, -0.15) is 0 Å². The van der Waals surface area contributed by atoms with Gasteiger partial charge < -0.3 is 19.9 Å². The largest absolute Gasteiger partial charge is 0.494 e. The fourth-order valence-corrected chi connectivity index (χ4v) is 3.65. The number of ether oxygens (including phenoxy) is 2. The van der Waals surface area contributed by atoms with E-state index in [-0.39, 0.29) is 12.5 Å². The van der Waals surface area contributed by atoms with Gasteiger partial charge in [-0.3, -0.25) is 4.79 Å². The van der Waals surface area contributed by atoms with Crippen LogP contribution in [0.4, 0.5) is 0 Å². The van der Waals surface area contributed by atoms with Crippen molar-refractivity contribution in [1.82, 2.24) is 5.32 Å². The first-order valence-electron chi connectivity index (χ1n) is 11.7. The number of nitrogens with one attached hydrogen (secondary N) is 1. The molecule has 0 saturated carbocycles. The second kappa shape index (κ2) is 12.2. The molecule has 1 heterocycles. The van der Waals surface area contributed by atoms with Crippen LogP contribution < -0.4 is 10.1 Å². The Hall–Kier alpha value is -3.12. The normalized spacial score (nSPS) is 19.8. The van der Waals surface area contributed by atoms with Gasteiger partial charge in [-0.25, -0.2) is 4.99 Å². The zero-order valence-corrected chi connectivity index (χ0v) is 19.5. The van der Waals surface area contributed by atoms with Crippen LogP contribution in [-0.2, 0) is 9.53 Å². The van der Waals surface area contributed by atoms with E-state index in [2.05, 4.69) is 12.2 Å². The number of aliphatic imine (C=N–C) groups is 1. The molecule has 3 rings (SSSR count). The van der Waals surface area contributed by atoms with E-state index in [1.807, 2.05) is 73.7 Å². The number of aliphatic hydroxyl groups excluding tert-OH is 1. The fraction of sp³-hybridized carbons (Fsp3) is 0.407. The number of nitrogens with zero attached hydrogens (tertiary/aromatic N) is 1. The van der Waals surface area contributed by atoms with E-state index in [1.54, 1.807) is 0 Å². The zero-order chi connectivity index (χ0) is 23.5. The Labute approximate surface area is 196 Å². The van der Waals surface area contributed by atoms with Crippen molar-refractivity contribution in [3.8, 4) is 5.75 Å². The highest BCUT2D eigenvalue weighted by Crippen LogP contribution is 2.33. The molecule has 0 unspecified atom stereocenters. The number of carbonyl (C=O) groups is 1. The monoisotopic (exact) mass is 450 g/mol. The molecule has 6 heteroatoms.